The molecule has 0 saturated carbocycles. The number of allylic oxidation sites excluding steroid dienone is 5. The topological polar surface area (TPSA) is 0 Å². The summed E-state index contributed by atoms with van der Waals surface area (Å²) >= 11 is 0. The van der Waals surface area contributed by atoms with Gasteiger partial charge in [-0.25, -0.2) is 0 Å². The summed E-state index contributed by atoms with van der Waals surface area (Å²) in [5.41, 5.74) is 2.53. The van der Waals surface area contributed by atoms with Gasteiger partial charge in [0.2, 0.25) is 0 Å². The van der Waals surface area contributed by atoms with Crippen LogP contribution in [0.25, 0.3) is 0 Å². The fraction of sp³-hybridized carbons (Fsp3) is 0.222. The first-order valence-corrected chi connectivity index (χ1v) is 3.38. The molecule has 3 heteroatoms. The van der Waals surface area contributed by atoms with Crippen molar-refractivity contribution in [2.24, 2.45) is 0 Å². The summed E-state index contributed by atoms with van der Waals surface area (Å²) in [5.74, 6) is 0. The third kappa shape index (κ3) is 2.14. The normalized spacial score (nSPS) is 17.0. The van der Waals surface area contributed by atoms with Crippen LogP contribution in [-0.2, 0) is 0 Å². The van der Waals surface area contributed by atoms with Gasteiger partial charge in [-0.05, 0) is 30.7 Å². The highest BCUT2D eigenvalue weighted by molar-refractivity contribution is 5.35. The van der Waals surface area contributed by atoms with E-state index in [1.165, 1.54) is 12.2 Å². The summed E-state index contributed by atoms with van der Waals surface area (Å²) in [5, 5.41) is 0. The predicted molar refractivity (Wildman–Crippen MR) is 40.5 cm³/mol. The molecule has 1 aliphatic carbocycles. The van der Waals surface area contributed by atoms with Gasteiger partial charge in [0.05, 0.1) is 5.57 Å². The van der Waals surface area contributed by atoms with Crippen molar-refractivity contribution in [1.82, 2.24) is 0 Å². The predicted octanol–water partition coefficient (Wildman–Crippen LogP) is 3.15. The Morgan fingerprint density at radius 2 is 1.83 bits per heavy atom. The van der Waals surface area contributed by atoms with Crippen molar-refractivity contribution < 1.29 is 13.2 Å². The van der Waals surface area contributed by atoms with Gasteiger partial charge in [-0.3, -0.25) is 0 Å². The zero-order valence-corrected chi connectivity index (χ0v) is 6.44. The van der Waals surface area contributed by atoms with Gasteiger partial charge in [0.15, 0.2) is 0 Å². The molecule has 0 heterocycles. The molecular weight excluding hydrogens is 165 g/mol. The Hall–Kier alpha value is -1.21. The molecule has 0 aromatic carbocycles. The quantitative estimate of drug-likeness (QED) is 0.492. The number of halogens is 3. The molecule has 0 bridgehead atoms. The Bertz CT molecular complexity index is 296. The maximum atomic E-state index is 12.1. The van der Waals surface area contributed by atoms with Crippen molar-refractivity contribution in [2.75, 3.05) is 0 Å². The summed E-state index contributed by atoms with van der Waals surface area (Å²) in [6.07, 6.45) is 0.634. The molecular formula is C9H7F3. The molecule has 1 aliphatic rings. The fourth-order valence-electron chi connectivity index (χ4n) is 0.757. The molecule has 0 aromatic heterocycles. The van der Waals surface area contributed by atoms with Gasteiger partial charge in [-0.2, -0.15) is 13.2 Å². The van der Waals surface area contributed by atoms with Crippen LogP contribution in [0.5, 0.6) is 0 Å². The average Bonchev–Trinajstić information content (AvgIpc) is 2.11. The minimum Gasteiger partial charge on any atom is -0.166 e. The van der Waals surface area contributed by atoms with Crippen LogP contribution in [0.4, 0.5) is 13.2 Å². The monoisotopic (exact) mass is 172 g/mol. The Labute approximate surface area is 68.4 Å². The van der Waals surface area contributed by atoms with Gasteiger partial charge < -0.3 is 0 Å². The Balaban J connectivity index is 3.04. The second-order valence-corrected chi connectivity index (χ2v) is 2.49. The van der Waals surface area contributed by atoms with Crippen molar-refractivity contribution in [3.8, 4) is 0 Å². The van der Waals surface area contributed by atoms with Gasteiger partial charge in [0.25, 0.3) is 0 Å². The van der Waals surface area contributed by atoms with E-state index in [0.717, 1.165) is 17.7 Å². The zero-order valence-electron chi connectivity index (χ0n) is 6.44. The van der Waals surface area contributed by atoms with E-state index in [1.54, 1.807) is 6.92 Å². The first-order chi connectivity index (χ1) is 5.50. The van der Waals surface area contributed by atoms with Crippen LogP contribution in [0, 0.1) is 0 Å². The molecule has 0 radical (unpaired) electrons. The van der Waals surface area contributed by atoms with E-state index in [4.69, 9.17) is 0 Å². The first-order valence-electron chi connectivity index (χ1n) is 3.38. The molecule has 1 rings (SSSR count). The number of alkyl halides is 3. The third-order valence-corrected chi connectivity index (χ3v) is 1.40. The number of hydrogen-bond donors (Lipinski definition) is 0. The maximum Gasteiger partial charge on any atom is 0.417 e. The fourth-order valence-corrected chi connectivity index (χ4v) is 0.757. The Morgan fingerprint density at radius 3 is 2.42 bits per heavy atom. The molecule has 12 heavy (non-hydrogen) atoms. The minimum absolute atomic E-state index is 0.671. The van der Waals surface area contributed by atoms with E-state index in [-0.39, 0.29) is 0 Å². The van der Waals surface area contributed by atoms with Crippen LogP contribution in [0.3, 0.4) is 0 Å². The summed E-state index contributed by atoms with van der Waals surface area (Å²) in [6, 6.07) is 0. The molecule has 64 valence electrons. The van der Waals surface area contributed by atoms with Gasteiger partial charge in [-0.1, -0.05) is 6.08 Å². The molecule has 0 N–H and O–H groups in total. The lowest BCUT2D eigenvalue weighted by Gasteiger charge is -2.04. The minimum atomic E-state index is -4.28. The van der Waals surface area contributed by atoms with Crippen molar-refractivity contribution in [3.05, 3.63) is 41.2 Å². The standard InChI is InChI=1S/C9H7F3/c1-7-3-2-4-8(6-5-7)9(10,11)12/h3-6H,1H3. The summed E-state index contributed by atoms with van der Waals surface area (Å²) in [6.45, 7) is 1.72. The molecule has 0 saturated heterocycles. The number of rotatable bonds is 0. The lowest BCUT2D eigenvalue weighted by atomic mass is 10.2. The molecule has 0 aromatic rings. The van der Waals surface area contributed by atoms with Crippen LogP contribution in [0.1, 0.15) is 6.92 Å². The summed E-state index contributed by atoms with van der Waals surface area (Å²) < 4.78 is 36.2. The number of hydrogen-bond acceptors (Lipinski definition) is 0. The zero-order chi connectivity index (χ0) is 9.19. The van der Waals surface area contributed by atoms with E-state index in [0.29, 0.717) is 0 Å². The van der Waals surface area contributed by atoms with Crippen LogP contribution >= 0.6 is 0 Å². The van der Waals surface area contributed by atoms with Gasteiger partial charge >= 0.3 is 6.18 Å². The molecule has 0 fully saturated rings. The van der Waals surface area contributed by atoms with Gasteiger partial charge in [-0.15, -0.1) is 5.73 Å². The largest absolute Gasteiger partial charge is 0.417 e. The first kappa shape index (κ1) is 8.88. The Morgan fingerprint density at radius 1 is 1.17 bits per heavy atom. The van der Waals surface area contributed by atoms with Crippen molar-refractivity contribution in [3.63, 3.8) is 0 Å². The molecule has 0 atom stereocenters. The second kappa shape index (κ2) is 3.03. The lowest BCUT2D eigenvalue weighted by molar-refractivity contribution is -0.0881. The highest BCUT2D eigenvalue weighted by atomic mass is 19.4. The molecule has 0 amide bonds. The second-order valence-electron chi connectivity index (χ2n) is 2.49. The summed E-state index contributed by atoms with van der Waals surface area (Å²) in [4.78, 5) is 0. The van der Waals surface area contributed by atoms with Gasteiger partial charge in [0, 0.05) is 0 Å². The summed E-state index contributed by atoms with van der Waals surface area (Å²) in [7, 11) is 0. The van der Waals surface area contributed by atoms with E-state index in [2.05, 4.69) is 5.73 Å². The van der Waals surface area contributed by atoms with E-state index >= 15 is 0 Å². The van der Waals surface area contributed by atoms with Crippen molar-refractivity contribution >= 4 is 0 Å². The van der Waals surface area contributed by atoms with E-state index < -0.39 is 11.7 Å². The van der Waals surface area contributed by atoms with Crippen molar-refractivity contribution in [2.45, 2.75) is 13.1 Å². The molecule has 0 unspecified atom stereocenters. The van der Waals surface area contributed by atoms with E-state index in [1.807, 2.05) is 0 Å². The smallest absolute Gasteiger partial charge is 0.166 e. The van der Waals surface area contributed by atoms with Crippen LogP contribution in [0.15, 0.2) is 41.2 Å². The lowest BCUT2D eigenvalue weighted by Crippen LogP contribution is -2.09. The van der Waals surface area contributed by atoms with E-state index in [9.17, 15) is 13.2 Å². The molecule has 0 spiro atoms. The van der Waals surface area contributed by atoms with Crippen LogP contribution in [0.2, 0.25) is 0 Å². The highest BCUT2D eigenvalue weighted by Gasteiger charge is 2.31. The van der Waals surface area contributed by atoms with Crippen LogP contribution < -0.4 is 0 Å². The molecule has 0 aliphatic heterocycles. The van der Waals surface area contributed by atoms with Crippen molar-refractivity contribution in [1.29, 1.82) is 0 Å². The van der Waals surface area contributed by atoms with Gasteiger partial charge in [0.1, 0.15) is 0 Å². The third-order valence-electron chi connectivity index (χ3n) is 1.40. The highest BCUT2D eigenvalue weighted by Crippen LogP contribution is 2.27. The van der Waals surface area contributed by atoms with Crippen LogP contribution in [-0.4, -0.2) is 6.18 Å². The maximum absolute atomic E-state index is 12.1. The Kier molecular flexibility index (Phi) is 2.25. The molecule has 0 nitrogen and oxygen atoms in total. The average molecular weight is 172 g/mol. The SMILES string of the molecule is CC1=CC=C(C(F)(F)F)C=C=C1.